The van der Waals surface area contributed by atoms with Crippen LogP contribution in [-0.2, 0) is 0 Å². The van der Waals surface area contributed by atoms with Crippen LogP contribution in [0.5, 0.6) is 0 Å². The lowest BCUT2D eigenvalue weighted by Crippen LogP contribution is -2.83. The highest BCUT2D eigenvalue weighted by Crippen LogP contribution is 2.08. The third-order valence-corrected chi connectivity index (χ3v) is 8.39. The Morgan fingerprint density at radius 3 is 0.850 bits per heavy atom. The van der Waals surface area contributed by atoms with Crippen molar-refractivity contribution >= 4 is 18.6 Å². The molecule has 4 N–H and O–H groups in total. The van der Waals surface area contributed by atoms with Crippen LogP contribution in [0.3, 0.4) is 0 Å². The average molecular weight is 317 g/mol. The molecule has 0 aromatic carbocycles. The molecule has 0 spiro atoms. The number of rotatable bonds is 6. The van der Waals surface area contributed by atoms with Crippen molar-refractivity contribution in [1.82, 2.24) is 29.5 Å². The van der Waals surface area contributed by atoms with E-state index in [-0.39, 0.29) is 0 Å². The highest BCUT2D eigenvalue weighted by Gasteiger charge is 2.36. The summed E-state index contributed by atoms with van der Waals surface area (Å²) in [5.41, 5.74) is 0. The first-order valence-electron chi connectivity index (χ1n) is 7.60. The summed E-state index contributed by atoms with van der Waals surface area (Å²) < 4.78 is 5.00. The Morgan fingerprint density at radius 2 is 0.700 bits per heavy atom. The largest absolute Gasteiger partial charge is 0.350 e. The summed E-state index contributed by atoms with van der Waals surface area (Å²) in [5, 5.41) is 14.1. The molecule has 0 aliphatic carbocycles. The molecule has 1 heterocycles. The summed E-state index contributed by atoms with van der Waals surface area (Å²) in [6.45, 7) is 18.0. The molecule has 1 rings (SSSR count). The smallest absolute Gasteiger partial charge is 0.293 e. The quantitative estimate of drug-likeness (QED) is 0.532. The normalized spacial score (nSPS) is 19.5. The molecule has 6 nitrogen and oxygen atoms in total. The van der Waals surface area contributed by atoms with Gasteiger partial charge in [0, 0.05) is 0 Å². The fourth-order valence-electron chi connectivity index (χ4n) is 2.78. The second-order valence-corrected chi connectivity index (χ2v) is 9.81. The van der Waals surface area contributed by atoms with Gasteiger partial charge in [-0.2, -0.15) is 0 Å². The zero-order chi connectivity index (χ0) is 15.4. The van der Waals surface area contributed by atoms with Crippen molar-refractivity contribution in [2.24, 2.45) is 0 Å². The van der Waals surface area contributed by atoms with Gasteiger partial charge in [0.15, 0.2) is 0 Å². The Bertz CT molecular complexity index is 235. The van der Waals surface area contributed by atoms with Gasteiger partial charge in [0.2, 0.25) is 0 Å². The van der Waals surface area contributed by atoms with E-state index in [2.05, 4.69) is 84.9 Å². The van der Waals surface area contributed by atoms with Crippen LogP contribution in [-0.4, -0.2) is 51.9 Å². The molecule has 1 aliphatic heterocycles. The van der Waals surface area contributed by atoms with Crippen molar-refractivity contribution in [1.29, 1.82) is 0 Å². The maximum Gasteiger partial charge on any atom is 0.350 e. The van der Waals surface area contributed by atoms with Crippen LogP contribution in [0, 0.1) is 0 Å². The van der Waals surface area contributed by atoms with Gasteiger partial charge in [-0.3, -0.25) is 29.5 Å². The van der Waals surface area contributed by atoms with Gasteiger partial charge in [0.25, 0.3) is 0 Å². The number of hydrazine groups is 2. The minimum Gasteiger partial charge on any atom is -0.293 e. The van der Waals surface area contributed by atoms with Gasteiger partial charge in [-0.25, -0.2) is 0 Å². The summed E-state index contributed by atoms with van der Waals surface area (Å²) in [6.07, 6.45) is 0. The van der Waals surface area contributed by atoms with E-state index < -0.39 is 18.6 Å². The third-order valence-electron chi connectivity index (χ3n) is 3.34. The highest BCUT2D eigenvalue weighted by atomic mass is 28.3. The minimum atomic E-state index is -0.992. The first kappa shape index (κ1) is 18.2. The summed E-state index contributed by atoms with van der Waals surface area (Å²) in [5.74, 6) is 0. The van der Waals surface area contributed by atoms with E-state index in [9.17, 15) is 0 Å². The first-order chi connectivity index (χ1) is 9.25. The van der Waals surface area contributed by atoms with Crippen LogP contribution in [0.2, 0.25) is 0 Å². The Hall–Kier alpha value is 0.194. The number of nitrogens with one attached hydrogen (secondary N) is 4. The summed E-state index contributed by atoms with van der Waals surface area (Å²) in [7, 11) is -1.98. The molecule has 1 saturated heterocycles. The SMILES string of the molecule is CC(C)N(C(C)C)[Si]1NN[Si](N(C(C)C)C(C)C)NN1. The lowest BCUT2D eigenvalue weighted by molar-refractivity contribution is 0.265. The number of nitrogens with zero attached hydrogens (tertiary/aromatic N) is 2. The molecule has 118 valence electrons. The molecule has 8 heteroatoms. The molecule has 20 heavy (non-hydrogen) atoms. The zero-order valence-corrected chi connectivity index (χ0v) is 16.2. The van der Waals surface area contributed by atoms with Crippen LogP contribution < -0.4 is 20.4 Å². The molecular formula is C12H32N6Si2. The van der Waals surface area contributed by atoms with E-state index in [1.165, 1.54) is 0 Å². The molecule has 0 saturated carbocycles. The van der Waals surface area contributed by atoms with Crippen LogP contribution in [0.4, 0.5) is 0 Å². The standard InChI is InChI=1S/C12H32N6Si2/c1-9(2)17(10(3)4)19-13-15-20(16-14-19)18(11(5)6)12(7)8/h9-16H,1-8H3. The molecule has 0 unspecified atom stereocenters. The minimum absolute atomic E-state index is 0.521. The van der Waals surface area contributed by atoms with Crippen molar-refractivity contribution in [3.8, 4) is 0 Å². The van der Waals surface area contributed by atoms with Gasteiger partial charge >= 0.3 is 18.6 Å². The van der Waals surface area contributed by atoms with Gasteiger partial charge in [0.05, 0.1) is 0 Å². The lowest BCUT2D eigenvalue weighted by atomic mass is 10.3. The zero-order valence-electron chi connectivity index (χ0n) is 14.2. The Kier molecular flexibility index (Phi) is 7.29. The van der Waals surface area contributed by atoms with E-state index in [0.717, 1.165) is 0 Å². The molecule has 0 aromatic heterocycles. The maximum atomic E-state index is 3.53. The number of hydrogen-bond acceptors (Lipinski definition) is 6. The second-order valence-electron chi connectivity index (χ2n) is 6.39. The summed E-state index contributed by atoms with van der Waals surface area (Å²) in [4.78, 5) is 0. The Balaban J connectivity index is 2.62. The summed E-state index contributed by atoms with van der Waals surface area (Å²) >= 11 is 0. The molecule has 0 amide bonds. The predicted octanol–water partition coefficient (Wildman–Crippen LogP) is 0.396. The van der Waals surface area contributed by atoms with Gasteiger partial charge in [-0.05, 0) is 24.2 Å². The number of hydrogen-bond donors (Lipinski definition) is 4. The van der Waals surface area contributed by atoms with E-state index in [4.69, 9.17) is 0 Å². The van der Waals surface area contributed by atoms with Gasteiger partial charge in [0.1, 0.15) is 0 Å². The van der Waals surface area contributed by atoms with Crippen LogP contribution in [0.1, 0.15) is 55.4 Å². The molecule has 1 aliphatic rings. The molecule has 1 fully saturated rings. The Morgan fingerprint density at radius 1 is 0.500 bits per heavy atom. The van der Waals surface area contributed by atoms with Gasteiger partial charge in [-0.1, -0.05) is 55.4 Å². The van der Waals surface area contributed by atoms with Gasteiger partial charge in [-0.15, -0.1) is 0 Å². The fraction of sp³-hybridized carbons (Fsp3) is 1.00. The molecule has 0 bridgehead atoms. The molecule has 2 radical (unpaired) electrons. The van der Waals surface area contributed by atoms with Crippen molar-refractivity contribution in [3.63, 3.8) is 0 Å². The topological polar surface area (TPSA) is 54.6 Å². The summed E-state index contributed by atoms with van der Waals surface area (Å²) in [6, 6.07) is 2.08. The molecule has 0 aromatic rings. The lowest BCUT2D eigenvalue weighted by Gasteiger charge is -2.44. The first-order valence-corrected chi connectivity index (χ1v) is 10.5. The van der Waals surface area contributed by atoms with Crippen molar-refractivity contribution in [3.05, 3.63) is 0 Å². The van der Waals surface area contributed by atoms with E-state index in [0.29, 0.717) is 24.2 Å². The van der Waals surface area contributed by atoms with Crippen molar-refractivity contribution < 1.29 is 0 Å². The van der Waals surface area contributed by atoms with Crippen LogP contribution in [0.25, 0.3) is 0 Å². The van der Waals surface area contributed by atoms with E-state index in [1.807, 2.05) is 0 Å². The van der Waals surface area contributed by atoms with Crippen LogP contribution in [0.15, 0.2) is 0 Å². The predicted molar refractivity (Wildman–Crippen MR) is 88.3 cm³/mol. The fourth-order valence-corrected chi connectivity index (χ4v) is 7.38. The second kappa shape index (κ2) is 7.99. The van der Waals surface area contributed by atoms with Crippen molar-refractivity contribution in [2.45, 2.75) is 79.6 Å². The Labute approximate surface area is 128 Å². The highest BCUT2D eigenvalue weighted by molar-refractivity contribution is 6.59. The molecular weight excluding hydrogens is 284 g/mol. The van der Waals surface area contributed by atoms with E-state index in [1.54, 1.807) is 0 Å². The third kappa shape index (κ3) is 4.60. The molecule has 0 atom stereocenters. The monoisotopic (exact) mass is 316 g/mol. The average Bonchev–Trinajstić information content (AvgIpc) is 2.29. The van der Waals surface area contributed by atoms with Crippen molar-refractivity contribution in [2.75, 3.05) is 0 Å². The maximum absolute atomic E-state index is 3.53. The van der Waals surface area contributed by atoms with Crippen LogP contribution >= 0.6 is 0 Å². The van der Waals surface area contributed by atoms with E-state index >= 15 is 0 Å². The van der Waals surface area contributed by atoms with Gasteiger partial charge < -0.3 is 0 Å².